The van der Waals surface area contributed by atoms with E-state index in [9.17, 15) is 0 Å². The van der Waals surface area contributed by atoms with Crippen molar-refractivity contribution in [2.45, 2.75) is 33.2 Å². The van der Waals surface area contributed by atoms with E-state index in [0.29, 0.717) is 6.04 Å². The Bertz CT molecular complexity index is 425. The molecule has 0 saturated carbocycles. The zero-order chi connectivity index (χ0) is 14.3. The van der Waals surface area contributed by atoms with Gasteiger partial charge in [0.2, 0.25) is 0 Å². The van der Waals surface area contributed by atoms with E-state index in [1.54, 1.807) is 14.2 Å². The number of benzene rings is 1. The molecule has 106 valence electrons. The Morgan fingerprint density at radius 1 is 1.26 bits per heavy atom. The summed E-state index contributed by atoms with van der Waals surface area (Å²) in [5.41, 5.74) is 2.30. The number of nitrogens with one attached hydrogen (secondary N) is 1. The van der Waals surface area contributed by atoms with Gasteiger partial charge in [-0.15, -0.1) is 0 Å². The highest BCUT2D eigenvalue weighted by Crippen LogP contribution is 2.29. The molecular weight excluding hydrogens is 238 g/mol. The third-order valence-electron chi connectivity index (χ3n) is 2.98. The molecule has 1 aromatic carbocycles. The Balaban J connectivity index is 2.78. The lowest BCUT2D eigenvalue weighted by Gasteiger charge is -2.11. The molecule has 19 heavy (non-hydrogen) atoms. The number of rotatable bonds is 7. The molecule has 0 fully saturated rings. The van der Waals surface area contributed by atoms with E-state index in [4.69, 9.17) is 9.47 Å². The fourth-order valence-corrected chi connectivity index (χ4v) is 1.89. The van der Waals surface area contributed by atoms with Gasteiger partial charge in [-0.1, -0.05) is 19.9 Å². The maximum Gasteiger partial charge on any atom is 0.126 e. The normalized spacial score (nSPS) is 11.8. The number of hydrogen-bond donors (Lipinski definition) is 1. The van der Waals surface area contributed by atoms with E-state index in [0.717, 1.165) is 30.0 Å². The molecule has 0 aliphatic heterocycles. The molecular formula is C16H25NO2. The number of ether oxygens (including phenoxy) is 2. The maximum atomic E-state index is 5.40. The van der Waals surface area contributed by atoms with Crippen LogP contribution >= 0.6 is 0 Å². The van der Waals surface area contributed by atoms with Crippen molar-refractivity contribution in [1.29, 1.82) is 0 Å². The zero-order valence-electron chi connectivity index (χ0n) is 12.6. The second kappa shape index (κ2) is 7.85. The minimum atomic E-state index is 0.528. The minimum Gasteiger partial charge on any atom is -0.497 e. The molecule has 0 aliphatic carbocycles. The standard InChI is InChI=1S/C16H25NO2/c1-12(2)17-10-6-7-13(3)15-11-14(18-4)8-9-16(15)19-5/h7-9,11-12,17H,6,10H2,1-5H3. The maximum absolute atomic E-state index is 5.40. The van der Waals surface area contributed by atoms with E-state index < -0.39 is 0 Å². The second-order valence-electron chi connectivity index (χ2n) is 4.85. The monoisotopic (exact) mass is 263 g/mol. The van der Waals surface area contributed by atoms with Crippen molar-refractivity contribution in [2.24, 2.45) is 0 Å². The molecule has 0 heterocycles. The van der Waals surface area contributed by atoms with Gasteiger partial charge in [-0.25, -0.2) is 0 Å². The third kappa shape index (κ3) is 4.95. The largest absolute Gasteiger partial charge is 0.497 e. The summed E-state index contributed by atoms with van der Waals surface area (Å²) in [5, 5.41) is 3.40. The van der Waals surface area contributed by atoms with Crippen LogP contribution in [-0.4, -0.2) is 26.8 Å². The molecule has 0 unspecified atom stereocenters. The van der Waals surface area contributed by atoms with Crippen molar-refractivity contribution in [3.8, 4) is 11.5 Å². The lowest BCUT2D eigenvalue weighted by Crippen LogP contribution is -2.23. The first-order valence-corrected chi connectivity index (χ1v) is 6.71. The van der Waals surface area contributed by atoms with Crippen molar-refractivity contribution >= 4 is 5.57 Å². The van der Waals surface area contributed by atoms with Crippen molar-refractivity contribution in [1.82, 2.24) is 5.32 Å². The van der Waals surface area contributed by atoms with Crippen LogP contribution in [-0.2, 0) is 0 Å². The van der Waals surface area contributed by atoms with Gasteiger partial charge in [0, 0.05) is 11.6 Å². The fraction of sp³-hybridized carbons (Fsp3) is 0.500. The summed E-state index contributed by atoms with van der Waals surface area (Å²) >= 11 is 0. The smallest absolute Gasteiger partial charge is 0.126 e. The lowest BCUT2D eigenvalue weighted by molar-refractivity contribution is 0.402. The van der Waals surface area contributed by atoms with Gasteiger partial charge >= 0.3 is 0 Å². The quantitative estimate of drug-likeness (QED) is 0.764. The fourth-order valence-electron chi connectivity index (χ4n) is 1.89. The van der Waals surface area contributed by atoms with E-state index in [1.807, 2.05) is 18.2 Å². The summed E-state index contributed by atoms with van der Waals surface area (Å²) in [6, 6.07) is 6.40. The molecule has 0 spiro atoms. The summed E-state index contributed by atoms with van der Waals surface area (Å²) in [6.45, 7) is 7.40. The van der Waals surface area contributed by atoms with Crippen molar-refractivity contribution < 1.29 is 9.47 Å². The molecule has 1 rings (SSSR count). The number of methoxy groups -OCH3 is 2. The van der Waals surface area contributed by atoms with Gasteiger partial charge in [-0.2, -0.15) is 0 Å². The highest BCUT2D eigenvalue weighted by Gasteiger charge is 2.06. The summed E-state index contributed by atoms with van der Waals surface area (Å²) in [6.07, 6.45) is 3.23. The molecule has 0 saturated heterocycles. The van der Waals surface area contributed by atoms with Crippen molar-refractivity contribution in [3.63, 3.8) is 0 Å². The second-order valence-corrected chi connectivity index (χ2v) is 4.85. The summed E-state index contributed by atoms with van der Waals surface area (Å²) in [4.78, 5) is 0. The first-order chi connectivity index (χ1) is 9.08. The SMILES string of the molecule is COc1ccc(OC)c(C(C)=CCCNC(C)C)c1. The summed E-state index contributed by atoms with van der Waals surface area (Å²) < 4.78 is 10.7. The van der Waals surface area contributed by atoms with E-state index >= 15 is 0 Å². The van der Waals surface area contributed by atoms with Crippen LogP contribution in [0.1, 0.15) is 32.8 Å². The zero-order valence-corrected chi connectivity index (χ0v) is 12.6. The van der Waals surface area contributed by atoms with Gasteiger partial charge in [0.05, 0.1) is 14.2 Å². The number of allylic oxidation sites excluding steroid dienone is 1. The Hall–Kier alpha value is -1.48. The average molecular weight is 263 g/mol. The lowest BCUT2D eigenvalue weighted by atomic mass is 10.0. The van der Waals surface area contributed by atoms with Crippen LogP contribution in [0, 0.1) is 0 Å². The molecule has 0 bridgehead atoms. The average Bonchev–Trinajstić information content (AvgIpc) is 2.42. The van der Waals surface area contributed by atoms with Gasteiger partial charge in [0.15, 0.2) is 0 Å². The third-order valence-corrected chi connectivity index (χ3v) is 2.98. The Kier molecular flexibility index (Phi) is 6.43. The molecule has 0 radical (unpaired) electrons. The highest BCUT2D eigenvalue weighted by atomic mass is 16.5. The molecule has 1 aromatic rings. The van der Waals surface area contributed by atoms with Crippen LogP contribution in [0.15, 0.2) is 24.3 Å². The van der Waals surface area contributed by atoms with Crippen LogP contribution in [0.25, 0.3) is 5.57 Å². The van der Waals surface area contributed by atoms with Crippen LogP contribution in [0.4, 0.5) is 0 Å². The summed E-state index contributed by atoms with van der Waals surface area (Å²) in [7, 11) is 3.37. The topological polar surface area (TPSA) is 30.5 Å². The number of hydrogen-bond acceptors (Lipinski definition) is 3. The molecule has 1 N–H and O–H groups in total. The van der Waals surface area contributed by atoms with E-state index in [2.05, 4.69) is 32.2 Å². The highest BCUT2D eigenvalue weighted by molar-refractivity contribution is 5.70. The van der Waals surface area contributed by atoms with Gasteiger partial charge in [0.25, 0.3) is 0 Å². The molecule has 3 nitrogen and oxygen atoms in total. The van der Waals surface area contributed by atoms with Gasteiger partial charge in [0.1, 0.15) is 11.5 Å². The van der Waals surface area contributed by atoms with Crippen LogP contribution < -0.4 is 14.8 Å². The Morgan fingerprint density at radius 2 is 2.00 bits per heavy atom. The van der Waals surface area contributed by atoms with Gasteiger partial charge in [-0.05, 0) is 43.7 Å². The predicted octanol–water partition coefficient (Wildman–Crippen LogP) is 3.50. The Labute approximate surface area is 116 Å². The first-order valence-electron chi connectivity index (χ1n) is 6.71. The van der Waals surface area contributed by atoms with Crippen molar-refractivity contribution in [2.75, 3.05) is 20.8 Å². The first kappa shape index (κ1) is 15.6. The van der Waals surface area contributed by atoms with Crippen LogP contribution in [0.3, 0.4) is 0 Å². The van der Waals surface area contributed by atoms with Crippen LogP contribution in [0.5, 0.6) is 11.5 Å². The minimum absolute atomic E-state index is 0.528. The Morgan fingerprint density at radius 3 is 2.58 bits per heavy atom. The molecule has 0 atom stereocenters. The van der Waals surface area contributed by atoms with E-state index in [-0.39, 0.29) is 0 Å². The summed E-state index contributed by atoms with van der Waals surface area (Å²) in [5.74, 6) is 1.73. The van der Waals surface area contributed by atoms with E-state index in [1.165, 1.54) is 5.57 Å². The van der Waals surface area contributed by atoms with Gasteiger partial charge in [-0.3, -0.25) is 0 Å². The predicted molar refractivity (Wildman–Crippen MR) is 81.0 cm³/mol. The molecule has 0 amide bonds. The molecule has 0 aliphatic rings. The van der Waals surface area contributed by atoms with Gasteiger partial charge < -0.3 is 14.8 Å². The van der Waals surface area contributed by atoms with Crippen molar-refractivity contribution in [3.05, 3.63) is 29.8 Å². The molecule has 3 heteroatoms. The van der Waals surface area contributed by atoms with Crippen LogP contribution in [0.2, 0.25) is 0 Å². The molecule has 0 aromatic heterocycles.